The van der Waals surface area contributed by atoms with Gasteiger partial charge in [0.25, 0.3) is 5.82 Å². The van der Waals surface area contributed by atoms with Crippen molar-refractivity contribution in [2.75, 3.05) is 13.1 Å². The van der Waals surface area contributed by atoms with Crippen LogP contribution in [0.1, 0.15) is 55.1 Å². The van der Waals surface area contributed by atoms with E-state index >= 15 is 0 Å². The number of amides is 1. The fourth-order valence-corrected chi connectivity index (χ4v) is 3.52. The van der Waals surface area contributed by atoms with Crippen molar-refractivity contribution in [1.29, 1.82) is 5.26 Å². The highest BCUT2D eigenvalue weighted by molar-refractivity contribution is 5.77. The number of aromatic nitrogens is 3. The summed E-state index contributed by atoms with van der Waals surface area (Å²) in [5, 5.41) is 13.0. The normalized spacial score (nSPS) is 16.4. The molecule has 0 radical (unpaired) electrons. The van der Waals surface area contributed by atoms with Crippen molar-refractivity contribution in [1.82, 2.24) is 19.7 Å². The van der Waals surface area contributed by atoms with Crippen molar-refractivity contribution < 1.29 is 4.79 Å². The SMILES string of the molecule is Cc1ccccc1C(C)CC(=O)N1CCC(n2cnc(C#N)n2)CC1. The Morgan fingerprint density at radius 3 is 2.72 bits per heavy atom. The second-order valence-electron chi connectivity index (χ2n) is 6.73. The van der Waals surface area contributed by atoms with Gasteiger partial charge in [-0.3, -0.25) is 4.79 Å². The number of nitriles is 1. The lowest BCUT2D eigenvalue weighted by molar-refractivity contribution is -0.132. The maximum Gasteiger partial charge on any atom is 0.252 e. The number of nitrogens with zero attached hydrogens (tertiary/aromatic N) is 5. The number of likely N-dealkylation sites (tertiary alicyclic amines) is 1. The Balaban J connectivity index is 1.55. The van der Waals surface area contributed by atoms with Gasteiger partial charge in [-0.05, 0) is 36.8 Å². The molecule has 0 spiro atoms. The topological polar surface area (TPSA) is 74.8 Å². The second-order valence-corrected chi connectivity index (χ2v) is 6.73. The van der Waals surface area contributed by atoms with E-state index in [1.807, 2.05) is 23.1 Å². The number of piperidine rings is 1. The van der Waals surface area contributed by atoms with Crippen molar-refractivity contribution >= 4 is 5.91 Å². The molecule has 2 heterocycles. The first kappa shape index (κ1) is 17.2. The van der Waals surface area contributed by atoms with Gasteiger partial charge in [0.1, 0.15) is 12.4 Å². The van der Waals surface area contributed by atoms with Gasteiger partial charge >= 0.3 is 0 Å². The Hall–Kier alpha value is -2.68. The number of benzene rings is 1. The molecule has 1 aromatic carbocycles. The molecule has 0 N–H and O–H groups in total. The summed E-state index contributed by atoms with van der Waals surface area (Å²) < 4.78 is 1.76. The molecule has 0 aliphatic carbocycles. The molecule has 1 aliphatic heterocycles. The molecule has 1 amide bonds. The highest BCUT2D eigenvalue weighted by Gasteiger charge is 2.25. The van der Waals surface area contributed by atoms with E-state index in [1.165, 1.54) is 11.1 Å². The zero-order valence-corrected chi connectivity index (χ0v) is 14.7. The first-order chi connectivity index (χ1) is 12.1. The number of rotatable bonds is 4. The van der Waals surface area contributed by atoms with Gasteiger partial charge in [0.05, 0.1) is 6.04 Å². The van der Waals surface area contributed by atoms with Crippen molar-refractivity contribution in [2.45, 2.75) is 45.1 Å². The van der Waals surface area contributed by atoms with Crippen molar-refractivity contribution in [2.24, 2.45) is 0 Å². The van der Waals surface area contributed by atoms with E-state index < -0.39 is 0 Å². The fraction of sp³-hybridized carbons (Fsp3) is 0.474. The summed E-state index contributed by atoms with van der Waals surface area (Å²) in [7, 11) is 0. The fourth-order valence-electron chi connectivity index (χ4n) is 3.52. The Labute approximate surface area is 148 Å². The number of carbonyl (C=O) groups excluding carboxylic acids is 1. The Bertz CT molecular complexity index is 783. The summed E-state index contributed by atoms with van der Waals surface area (Å²) in [6.45, 7) is 5.67. The largest absolute Gasteiger partial charge is 0.343 e. The first-order valence-corrected chi connectivity index (χ1v) is 8.73. The summed E-state index contributed by atoms with van der Waals surface area (Å²) in [6, 6.07) is 10.4. The van der Waals surface area contributed by atoms with Crippen LogP contribution in [0.4, 0.5) is 0 Å². The van der Waals surface area contributed by atoms with Gasteiger partial charge in [-0.25, -0.2) is 9.67 Å². The van der Waals surface area contributed by atoms with Crippen LogP contribution in [0, 0.1) is 18.3 Å². The molecular weight excluding hydrogens is 314 g/mol. The van der Waals surface area contributed by atoms with Gasteiger partial charge in [0.15, 0.2) is 0 Å². The van der Waals surface area contributed by atoms with Gasteiger partial charge in [-0.1, -0.05) is 31.2 Å². The monoisotopic (exact) mass is 337 g/mol. The molecule has 1 aliphatic rings. The molecule has 3 rings (SSSR count). The van der Waals surface area contributed by atoms with E-state index in [9.17, 15) is 4.79 Å². The smallest absolute Gasteiger partial charge is 0.252 e. The lowest BCUT2D eigenvalue weighted by Gasteiger charge is -2.32. The van der Waals surface area contributed by atoms with Crippen LogP contribution >= 0.6 is 0 Å². The number of hydrogen-bond donors (Lipinski definition) is 0. The highest BCUT2D eigenvalue weighted by atomic mass is 16.2. The summed E-state index contributed by atoms with van der Waals surface area (Å²) in [5.74, 6) is 0.635. The third-order valence-corrected chi connectivity index (χ3v) is 5.00. The molecule has 1 saturated heterocycles. The maximum absolute atomic E-state index is 12.6. The van der Waals surface area contributed by atoms with Gasteiger partial charge in [0.2, 0.25) is 5.91 Å². The van der Waals surface area contributed by atoms with Crippen LogP contribution in [-0.4, -0.2) is 38.7 Å². The molecule has 1 aromatic heterocycles. The van der Waals surface area contributed by atoms with Gasteiger partial charge < -0.3 is 4.90 Å². The Morgan fingerprint density at radius 1 is 1.36 bits per heavy atom. The third-order valence-electron chi connectivity index (χ3n) is 5.00. The maximum atomic E-state index is 12.6. The average Bonchev–Trinajstić information content (AvgIpc) is 3.11. The molecule has 0 bridgehead atoms. The zero-order chi connectivity index (χ0) is 17.8. The van der Waals surface area contributed by atoms with Crippen LogP contribution in [-0.2, 0) is 4.79 Å². The predicted molar refractivity (Wildman–Crippen MR) is 93.8 cm³/mol. The molecule has 0 saturated carbocycles. The van der Waals surface area contributed by atoms with Gasteiger partial charge in [-0.2, -0.15) is 5.26 Å². The molecule has 6 heteroatoms. The van der Waals surface area contributed by atoms with Crippen LogP contribution in [0.5, 0.6) is 0 Å². The highest BCUT2D eigenvalue weighted by Crippen LogP contribution is 2.26. The quantitative estimate of drug-likeness (QED) is 0.860. The first-order valence-electron chi connectivity index (χ1n) is 8.73. The van der Waals surface area contributed by atoms with Crippen LogP contribution in [0.15, 0.2) is 30.6 Å². The molecule has 130 valence electrons. The van der Waals surface area contributed by atoms with E-state index in [-0.39, 0.29) is 23.7 Å². The van der Waals surface area contributed by atoms with Crippen LogP contribution in [0.3, 0.4) is 0 Å². The number of carbonyl (C=O) groups is 1. The molecule has 1 unspecified atom stereocenters. The van der Waals surface area contributed by atoms with E-state index in [0.717, 1.165) is 25.9 Å². The Kier molecular flexibility index (Phi) is 5.13. The summed E-state index contributed by atoms with van der Waals surface area (Å²) in [6.07, 6.45) is 3.84. The minimum Gasteiger partial charge on any atom is -0.343 e. The lowest BCUT2D eigenvalue weighted by Crippen LogP contribution is -2.39. The molecule has 25 heavy (non-hydrogen) atoms. The van der Waals surface area contributed by atoms with Gasteiger partial charge in [0, 0.05) is 19.5 Å². The Morgan fingerprint density at radius 2 is 2.08 bits per heavy atom. The molecule has 1 atom stereocenters. The van der Waals surface area contributed by atoms with Crippen molar-refractivity contribution in [3.05, 3.63) is 47.5 Å². The standard InChI is InChI=1S/C19H23N5O/c1-14-5-3-4-6-17(14)15(2)11-19(25)23-9-7-16(8-10-23)24-13-21-18(12-20)22-24/h3-6,13,15-16H,7-11H2,1-2H3. The van der Waals surface area contributed by atoms with E-state index in [1.54, 1.807) is 11.0 Å². The number of hydrogen-bond acceptors (Lipinski definition) is 4. The zero-order valence-electron chi connectivity index (χ0n) is 14.7. The third kappa shape index (κ3) is 3.87. The van der Waals surface area contributed by atoms with E-state index in [4.69, 9.17) is 5.26 Å². The molecule has 1 fully saturated rings. The molecule has 2 aromatic rings. The predicted octanol–water partition coefficient (Wildman–Crippen LogP) is 2.82. The summed E-state index contributed by atoms with van der Waals surface area (Å²) >= 11 is 0. The van der Waals surface area contributed by atoms with Crippen molar-refractivity contribution in [3.8, 4) is 6.07 Å². The van der Waals surface area contributed by atoms with Crippen LogP contribution < -0.4 is 0 Å². The molecule has 6 nitrogen and oxygen atoms in total. The van der Waals surface area contributed by atoms with E-state index in [2.05, 4.69) is 36.1 Å². The molecular formula is C19H23N5O. The number of aryl methyl sites for hydroxylation is 1. The minimum absolute atomic E-state index is 0.200. The summed E-state index contributed by atoms with van der Waals surface area (Å²) in [4.78, 5) is 18.5. The van der Waals surface area contributed by atoms with Crippen molar-refractivity contribution in [3.63, 3.8) is 0 Å². The average molecular weight is 337 g/mol. The van der Waals surface area contributed by atoms with Crippen LogP contribution in [0.25, 0.3) is 0 Å². The van der Waals surface area contributed by atoms with Gasteiger partial charge in [-0.15, -0.1) is 5.10 Å². The second kappa shape index (κ2) is 7.47. The van der Waals surface area contributed by atoms with E-state index in [0.29, 0.717) is 6.42 Å². The summed E-state index contributed by atoms with van der Waals surface area (Å²) in [5.41, 5.74) is 2.48. The lowest BCUT2D eigenvalue weighted by atomic mass is 9.93. The van der Waals surface area contributed by atoms with Crippen LogP contribution in [0.2, 0.25) is 0 Å². The minimum atomic E-state index is 0.200.